The lowest BCUT2D eigenvalue weighted by molar-refractivity contribution is -0.123. The van der Waals surface area contributed by atoms with E-state index in [0.29, 0.717) is 13.0 Å². The van der Waals surface area contributed by atoms with Crippen LogP contribution in [0.1, 0.15) is 17.5 Å². The zero-order valence-corrected chi connectivity index (χ0v) is 12.5. The van der Waals surface area contributed by atoms with Crippen LogP contribution in [-0.4, -0.2) is 30.8 Å². The quantitative estimate of drug-likeness (QED) is 0.734. The molecule has 4 heteroatoms. The number of nitrogens with one attached hydrogen (secondary N) is 1. The molecule has 0 aliphatic carbocycles. The molecule has 0 bridgehead atoms. The topological polar surface area (TPSA) is 58.6 Å². The molecule has 1 amide bonds. The Morgan fingerprint density at radius 1 is 1.05 bits per heavy atom. The first-order valence-corrected chi connectivity index (χ1v) is 7.42. The summed E-state index contributed by atoms with van der Waals surface area (Å²) in [6, 6.07) is 17.9. The maximum Gasteiger partial charge on any atom is 0.257 e. The molecule has 0 heterocycles. The van der Waals surface area contributed by atoms with E-state index in [1.54, 1.807) is 0 Å². The van der Waals surface area contributed by atoms with E-state index in [1.165, 1.54) is 5.56 Å². The molecule has 22 heavy (non-hydrogen) atoms. The molecule has 0 aliphatic heterocycles. The van der Waals surface area contributed by atoms with Crippen LogP contribution in [0.2, 0.25) is 0 Å². The van der Waals surface area contributed by atoms with Crippen LogP contribution in [0.15, 0.2) is 54.6 Å². The predicted molar refractivity (Wildman–Crippen MR) is 85.9 cm³/mol. The molecule has 2 N–H and O–H groups in total. The molecule has 0 saturated heterocycles. The maximum absolute atomic E-state index is 11.6. The Kier molecular flexibility index (Phi) is 6.45. The van der Waals surface area contributed by atoms with Gasteiger partial charge in [-0.05, 0) is 23.6 Å². The Morgan fingerprint density at radius 2 is 1.77 bits per heavy atom. The van der Waals surface area contributed by atoms with Gasteiger partial charge in [-0.3, -0.25) is 4.79 Å². The molecule has 0 aromatic heterocycles. The van der Waals surface area contributed by atoms with Gasteiger partial charge in [0.1, 0.15) is 5.75 Å². The van der Waals surface area contributed by atoms with E-state index in [-0.39, 0.29) is 19.1 Å². The van der Waals surface area contributed by atoms with Gasteiger partial charge in [0.2, 0.25) is 0 Å². The van der Waals surface area contributed by atoms with Crippen LogP contribution in [0, 0.1) is 0 Å². The molecule has 0 aliphatic rings. The largest absolute Gasteiger partial charge is 0.483 e. The van der Waals surface area contributed by atoms with Crippen LogP contribution in [0.3, 0.4) is 0 Å². The third-order valence-corrected chi connectivity index (χ3v) is 3.23. The first-order valence-electron chi connectivity index (χ1n) is 7.42. The third-order valence-electron chi connectivity index (χ3n) is 3.23. The Labute approximate surface area is 130 Å². The fraction of sp³-hybridized carbons (Fsp3) is 0.278. The van der Waals surface area contributed by atoms with E-state index in [4.69, 9.17) is 9.84 Å². The average Bonchev–Trinajstić information content (AvgIpc) is 2.55. The Morgan fingerprint density at radius 3 is 2.55 bits per heavy atom. The molecular formula is C18H21NO3. The van der Waals surface area contributed by atoms with Gasteiger partial charge in [0.15, 0.2) is 6.61 Å². The van der Waals surface area contributed by atoms with Crippen molar-refractivity contribution in [3.63, 3.8) is 0 Å². The van der Waals surface area contributed by atoms with E-state index in [1.807, 2.05) is 42.5 Å². The van der Waals surface area contributed by atoms with Crippen molar-refractivity contribution in [1.29, 1.82) is 0 Å². The molecule has 0 atom stereocenters. The molecule has 0 spiro atoms. The van der Waals surface area contributed by atoms with E-state index in [0.717, 1.165) is 17.7 Å². The molecule has 0 unspecified atom stereocenters. The van der Waals surface area contributed by atoms with Gasteiger partial charge in [0.25, 0.3) is 5.91 Å². The molecule has 0 fully saturated rings. The number of carbonyl (C=O) groups is 1. The summed E-state index contributed by atoms with van der Waals surface area (Å²) in [7, 11) is 0. The van der Waals surface area contributed by atoms with Crippen molar-refractivity contribution < 1.29 is 14.6 Å². The Hall–Kier alpha value is -2.33. The molecule has 2 aromatic rings. The number of ether oxygens (including phenoxy) is 1. The highest BCUT2D eigenvalue weighted by Gasteiger charge is 2.07. The normalized spacial score (nSPS) is 10.2. The van der Waals surface area contributed by atoms with Gasteiger partial charge in [-0.25, -0.2) is 0 Å². The van der Waals surface area contributed by atoms with Crippen molar-refractivity contribution in [2.75, 3.05) is 19.8 Å². The highest BCUT2D eigenvalue weighted by molar-refractivity contribution is 5.77. The van der Waals surface area contributed by atoms with E-state index in [2.05, 4.69) is 17.4 Å². The number of aliphatic hydroxyl groups is 1. The van der Waals surface area contributed by atoms with Crippen molar-refractivity contribution >= 4 is 5.91 Å². The fourth-order valence-electron chi connectivity index (χ4n) is 2.11. The van der Waals surface area contributed by atoms with Gasteiger partial charge in [-0.1, -0.05) is 48.5 Å². The highest BCUT2D eigenvalue weighted by Crippen LogP contribution is 2.21. The number of benzene rings is 2. The van der Waals surface area contributed by atoms with Crippen molar-refractivity contribution in [3.05, 3.63) is 65.7 Å². The Bertz CT molecular complexity index is 584. The lowest BCUT2D eigenvalue weighted by Gasteiger charge is -2.11. The van der Waals surface area contributed by atoms with Crippen LogP contribution in [0.5, 0.6) is 5.75 Å². The summed E-state index contributed by atoms with van der Waals surface area (Å²) >= 11 is 0. The van der Waals surface area contributed by atoms with Crippen LogP contribution >= 0.6 is 0 Å². The molecule has 116 valence electrons. The van der Waals surface area contributed by atoms with Gasteiger partial charge in [0.05, 0.1) is 0 Å². The summed E-state index contributed by atoms with van der Waals surface area (Å²) in [6.07, 6.45) is 1.32. The monoisotopic (exact) mass is 299 g/mol. The van der Waals surface area contributed by atoms with Gasteiger partial charge in [-0.2, -0.15) is 0 Å². The second-order valence-electron chi connectivity index (χ2n) is 4.99. The number of hydrogen-bond acceptors (Lipinski definition) is 3. The molecule has 2 rings (SSSR count). The summed E-state index contributed by atoms with van der Waals surface area (Å²) in [4.78, 5) is 11.6. The first-order chi connectivity index (χ1) is 10.8. The van der Waals surface area contributed by atoms with Gasteiger partial charge in [0, 0.05) is 19.6 Å². The highest BCUT2D eigenvalue weighted by atomic mass is 16.5. The summed E-state index contributed by atoms with van der Waals surface area (Å²) in [5.74, 6) is 0.548. The standard InChI is InChI=1S/C18H21NO3/c20-12-6-11-19-18(21)14-22-17-10-5-4-9-16(17)13-15-7-2-1-3-8-15/h1-5,7-10,20H,6,11-14H2,(H,19,21). The second-order valence-corrected chi connectivity index (χ2v) is 4.99. The third kappa shape index (κ3) is 5.22. The zero-order valence-electron chi connectivity index (χ0n) is 12.5. The molecule has 2 aromatic carbocycles. The summed E-state index contributed by atoms with van der Waals surface area (Å²) in [5, 5.41) is 11.4. The van der Waals surface area contributed by atoms with Crippen molar-refractivity contribution in [1.82, 2.24) is 5.32 Å². The minimum atomic E-state index is -0.178. The zero-order chi connectivity index (χ0) is 15.6. The number of rotatable bonds is 8. The van der Waals surface area contributed by atoms with Crippen molar-refractivity contribution in [2.24, 2.45) is 0 Å². The lowest BCUT2D eigenvalue weighted by atomic mass is 10.0. The molecule has 4 nitrogen and oxygen atoms in total. The van der Waals surface area contributed by atoms with E-state index >= 15 is 0 Å². The van der Waals surface area contributed by atoms with Gasteiger partial charge >= 0.3 is 0 Å². The maximum atomic E-state index is 11.6. The lowest BCUT2D eigenvalue weighted by Crippen LogP contribution is -2.30. The first kappa shape index (κ1) is 16.0. The van der Waals surface area contributed by atoms with Gasteiger partial charge < -0.3 is 15.2 Å². The number of carbonyl (C=O) groups excluding carboxylic acids is 1. The predicted octanol–water partition coefficient (Wildman–Crippen LogP) is 2.15. The number of para-hydroxylation sites is 1. The van der Waals surface area contributed by atoms with E-state index < -0.39 is 0 Å². The summed E-state index contributed by atoms with van der Waals surface area (Å²) < 4.78 is 5.63. The minimum absolute atomic E-state index is 0.0166. The minimum Gasteiger partial charge on any atom is -0.483 e. The number of hydrogen-bond donors (Lipinski definition) is 2. The Balaban J connectivity index is 1.92. The molecular weight excluding hydrogens is 278 g/mol. The van der Waals surface area contributed by atoms with Crippen molar-refractivity contribution in [2.45, 2.75) is 12.8 Å². The second kappa shape index (κ2) is 8.85. The van der Waals surface area contributed by atoms with Crippen molar-refractivity contribution in [3.8, 4) is 5.75 Å². The van der Waals surface area contributed by atoms with Crippen LogP contribution in [0.25, 0.3) is 0 Å². The van der Waals surface area contributed by atoms with Crippen LogP contribution < -0.4 is 10.1 Å². The van der Waals surface area contributed by atoms with Crippen LogP contribution in [0.4, 0.5) is 0 Å². The summed E-state index contributed by atoms with van der Waals surface area (Å²) in [6.45, 7) is 0.517. The van der Waals surface area contributed by atoms with E-state index in [9.17, 15) is 4.79 Å². The fourth-order valence-corrected chi connectivity index (χ4v) is 2.11. The average molecular weight is 299 g/mol. The summed E-state index contributed by atoms with van der Waals surface area (Å²) in [5.41, 5.74) is 2.25. The SMILES string of the molecule is O=C(COc1ccccc1Cc1ccccc1)NCCCO. The molecule has 0 saturated carbocycles. The molecule has 0 radical (unpaired) electrons. The smallest absolute Gasteiger partial charge is 0.257 e. The van der Waals surface area contributed by atoms with Crippen LogP contribution in [-0.2, 0) is 11.2 Å². The number of amides is 1. The number of aliphatic hydroxyl groups excluding tert-OH is 1. The van der Waals surface area contributed by atoms with Gasteiger partial charge in [-0.15, -0.1) is 0 Å².